The number of ether oxygens (including phenoxy) is 2. The molecule has 1 heterocycles. The van der Waals surface area contributed by atoms with E-state index in [9.17, 15) is 14.4 Å². The van der Waals surface area contributed by atoms with E-state index in [1.807, 2.05) is 0 Å². The Morgan fingerprint density at radius 1 is 1.24 bits per heavy atom. The van der Waals surface area contributed by atoms with E-state index in [1.165, 1.54) is 4.90 Å². The molecule has 7 nitrogen and oxygen atoms in total. The maximum Gasteiger partial charge on any atom is 0.410 e. The number of esters is 1. The van der Waals surface area contributed by atoms with Crippen molar-refractivity contribution in [2.75, 3.05) is 19.7 Å². The molecule has 0 radical (unpaired) electrons. The van der Waals surface area contributed by atoms with Crippen molar-refractivity contribution in [3.63, 3.8) is 0 Å². The van der Waals surface area contributed by atoms with Crippen LogP contribution in [0.25, 0.3) is 0 Å². The fourth-order valence-corrected chi connectivity index (χ4v) is 2.16. The SMILES string of the molecule is CCOC(=O)C1(CCC(=O)O)CN(C(=O)OC(C)(C)C)C1. The number of carboxylic acids is 1. The molecule has 1 N–H and O–H groups in total. The van der Waals surface area contributed by atoms with Crippen LogP contribution in [0, 0.1) is 5.41 Å². The summed E-state index contributed by atoms with van der Waals surface area (Å²) >= 11 is 0. The van der Waals surface area contributed by atoms with Crippen molar-refractivity contribution in [3.8, 4) is 0 Å². The molecule has 0 bridgehead atoms. The number of rotatable bonds is 5. The predicted octanol–water partition coefficient (Wildman–Crippen LogP) is 1.65. The Kier molecular flexibility index (Phi) is 5.20. The van der Waals surface area contributed by atoms with Crippen LogP contribution in [0.5, 0.6) is 0 Å². The van der Waals surface area contributed by atoms with Gasteiger partial charge in [0.2, 0.25) is 0 Å². The molecule has 0 aromatic rings. The molecule has 120 valence electrons. The minimum atomic E-state index is -0.977. The summed E-state index contributed by atoms with van der Waals surface area (Å²) < 4.78 is 10.2. The van der Waals surface area contributed by atoms with Gasteiger partial charge in [0.1, 0.15) is 11.0 Å². The third-order valence-corrected chi connectivity index (χ3v) is 3.16. The van der Waals surface area contributed by atoms with Crippen LogP contribution in [-0.2, 0) is 19.1 Å². The van der Waals surface area contributed by atoms with Crippen LogP contribution in [-0.4, -0.2) is 53.3 Å². The molecule has 0 spiro atoms. The van der Waals surface area contributed by atoms with E-state index < -0.39 is 29.0 Å². The van der Waals surface area contributed by atoms with Gasteiger partial charge in [0.15, 0.2) is 0 Å². The van der Waals surface area contributed by atoms with Gasteiger partial charge in [0.25, 0.3) is 0 Å². The molecule has 1 aliphatic heterocycles. The fraction of sp³-hybridized carbons (Fsp3) is 0.786. The molecular formula is C14H23NO6. The van der Waals surface area contributed by atoms with Crippen molar-refractivity contribution >= 4 is 18.0 Å². The van der Waals surface area contributed by atoms with Gasteiger partial charge in [-0.3, -0.25) is 9.59 Å². The Bertz CT molecular complexity index is 420. The van der Waals surface area contributed by atoms with Crippen molar-refractivity contribution in [2.24, 2.45) is 5.41 Å². The molecular weight excluding hydrogens is 278 g/mol. The van der Waals surface area contributed by atoms with Crippen LogP contribution in [0.4, 0.5) is 4.79 Å². The highest BCUT2D eigenvalue weighted by molar-refractivity contribution is 5.82. The lowest BCUT2D eigenvalue weighted by atomic mass is 9.76. The van der Waals surface area contributed by atoms with Crippen LogP contribution in [0.1, 0.15) is 40.5 Å². The summed E-state index contributed by atoms with van der Waals surface area (Å²) in [6, 6.07) is 0. The van der Waals surface area contributed by atoms with Gasteiger partial charge in [-0.25, -0.2) is 4.79 Å². The zero-order valence-electron chi connectivity index (χ0n) is 13.0. The lowest BCUT2D eigenvalue weighted by Crippen LogP contribution is -2.63. The number of amides is 1. The van der Waals surface area contributed by atoms with E-state index in [0.717, 1.165) is 0 Å². The van der Waals surface area contributed by atoms with Gasteiger partial charge >= 0.3 is 18.0 Å². The summed E-state index contributed by atoms with van der Waals surface area (Å²) in [4.78, 5) is 36.0. The molecule has 7 heteroatoms. The standard InChI is InChI=1S/C14H23NO6/c1-5-20-11(18)14(7-6-10(16)17)8-15(9-14)12(19)21-13(2,3)4/h5-9H2,1-4H3,(H,16,17). The molecule has 0 aromatic carbocycles. The normalized spacial score (nSPS) is 16.9. The second-order valence-corrected chi connectivity index (χ2v) is 6.23. The maximum absolute atomic E-state index is 12.0. The highest BCUT2D eigenvalue weighted by Gasteiger charge is 2.53. The minimum absolute atomic E-state index is 0.133. The van der Waals surface area contributed by atoms with Gasteiger partial charge in [-0.15, -0.1) is 0 Å². The molecule has 0 atom stereocenters. The zero-order chi connectivity index (χ0) is 16.3. The Labute approximate surface area is 124 Å². The summed E-state index contributed by atoms with van der Waals surface area (Å²) in [5, 5.41) is 8.78. The molecule has 0 unspecified atom stereocenters. The van der Waals surface area contributed by atoms with Crippen LogP contribution in [0.15, 0.2) is 0 Å². The summed E-state index contributed by atoms with van der Waals surface area (Å²) in [7, 11) is 0. The molecule has 1 aliphatic rings. The minimum Gasteiger partial charge on any atom is -0.481 e. The van der Waals surface area contributed by atoms with Gasteiger partial charge in [-0.05, 0) is 34.1 Å². The van der Waals surface area contributed by atoms with Crippen molar-refractivity contribution in [2.45, 2.75) is 46.1 Å². The number of nitrogens with zero attached hydrogens (tertiary/aromatic N) is 1. The van der Waals surface area contributed by atoms with Gasteiger partial charge in [-0.2, -0.15) is 0 Å². The highest BCUT2D eigenvalue weighted by Crippen LogP contribution is 2.37. The van der Waals surface area contributed by atoms with E-state index in [0.29, 0.717) is 0 Å². The Balaban J connectivity index is 2.66. The van der Waals surface area contributed by atoms with E-state index >= 15 is 0 Å². The van der Waals surface area contributed by atoms with Crippen LogP contribution >= 0.6 is 0 Å². The smallest absolute Gasteiger partial charge is 0.410 e. The van der Waals surface area contributed by atoms with Crippen molar-refractivity contribution in [1.29, 1.82) is 0 Å². The summed E-state index contributed by atoms with van der Waals surface area (Å²) in [6.07, 6.45) is -0.487. The predicted molar refractivity (Wildman–Crippen MR) is 73.7 cm³/mol. The van der Waals surface area contributed by atoms with Gasteiger partial charge in [-0.1, -0.05) is 0 Å². The third-order valence-electron chi connectivity index (χ3n) is 3.16. The number of carbonyl (C=O) groups excluding carboxylic acids is 2. The summed E-state index contributed by atoms with van der Waals surface area (Å²) in [5.74, 6) is -1.43. The highest BCUT2D eigenvalue weighted by atomic mass is 16.6. The molecule has 0 aromatic heterocycles. The number of aliphatic carboxylic acids is 1. The van der Waals surface area contributed by atoms with Crippen molar-refractivity contribution < 1.29 is 29.0 Å². The summed E-state index contributed by atoms with van der Waals surface area (Å²) in [6.45, 7) is 7.45. The number of carboxylic acid groups (broad SMARTS) is 1. The Hall–Kier alpha value is -1.79. The van der Waals surface area contributed by atoms with E-state index in [4.69, 9.17) is 14.6 Å². The Morgan fingerprint density at radius 3 is 2.24 bits per heavy atom. The van der Waals surface area contributed by atoms with Gasteiger partial charge < -0.3 is 19.5 Å². The largest absolute Gasteiger partial charge is 0.481 e. The molecule has 0 aliphatic carbocycles. The first kappa shape index (κ1) is 17.3. The third kappa shape index (κ3) is 4.61. The average molecular weight is 301 g/mol. The van der Waals surface area contributed by atoms with Crippen LogP contribution < -0.4 is 0 Å². The number of hydrogen-bond acceptors (Lipinski definition) is 5. The zero-order valence-corrected chi connectivity index (χ0v) is 13.0. The molecule has 1 fully saturated rings. The number of hydrogen-bond donors (Lipinski definition) is 1. The molecule has 1 saturated heterocycles. The second kappa shape index (κ2) is 6.32. The first-order chi connectivity index (χ1) is 9.59. The van der Waals surface area contributed by atoms with Crippen LogP contribution in [0.3, 0.4) is 0 Å². The fourth-order valence-electron chi connectivity index (χ4n) is 2.16. The number of likely N-dealkylation sites (tertiary alicyclic amines) is 1. The first-order valence-corrected chi connectivity index (χ1v) is 6.96. The lowest BCUT2D eigenvalue weighted by molar-refractivity contribution is -0.167. The molecule has 1 amide bonds. The topological polar surface area (TPSA) is 93.1 Å². The summed E-state index contributed by atoms with van der Waals surface area (Å²) in [5.41, 5.74) is -1.54. The maximum atomic E-state index is 12.0. The van der Waals surface area contributed by atoms with Gasteiger partial charge in [0, 0.05) is 19.5 Å². The monoisotopic (exact) mass is 301 g/mol. The lowest BCUT2D eigenvalue weighted by Gasteiger charge is -2.47. The van der Waals surface area contributed by atoms with E-state index in [1.54, 1.807) is 27.7 Å². The molecule has 0 saturated carbocycles. The first-order valence-electron chi connectivity index (χ1n) is 6.96. The quantitative estimate of drug-likeness (QED) is 0.776. The second-order valence-electron chi connectivity index (χ2n) is 6.23. The van der Waals surface area contributed by atoms with E-state index in [2.05, 4.69) is 0 Å². The van der Waals surface area contributed by atoms with Crippen LogP contribution in [0.2, 0.25) is 0 Å². The van der Waals surface area contributed by atoms with Crippen molar-refractivity contribution in [1.82, 2.24) is 4.90 Å². The van der Waals surface area contributed by atoms with Gasteiger partial charge in [0.05, 0.1) is 6.61 Å². The van der Waals surface area contributed by atoms with Crippen molar-refractivity contribution in [3.05, 3.63) is 0 Å². The molecule has 21 heavy (non-hydrogen) atoms. The van der Waals surface area contributed by atoms with E-state index in [-0.39, 0.29) is 32.5 Å². The Morgan fingerprint density at radius 2 is 1.81 bits per heavy atom. The molecule has 1 rings (SSSR count). The average Bonchev–Trinajstić information content (AvgIpc) is 2.24. The number of carbonyl (C=O) groups is 3.